The summed E-state index contributed by atoms with van der Waals surface area (Å²) < 4.78 is 18.8. The maximum Gasteiger partial charge on any atom is 0.220 e. The molecule has 1 aliphatic rings. The van der Waals surface area contributed by atoms with Crippen molar-refractivity contribution >= 4 is 11.9 Å². The topological polar surface area (TPSA) is 75.5 Å². The maximum absolute atomic E-state index is 13.0. The molecule has 33 heavy (non-hydrogen) atoms. The molecule has 0 unspecified atom stereocenters. The van der Waals surface area contributed by atoms with Crippen LogP contribution in [0.1, 0.15) is 21.5 Å². The van der Waals surface area contributed by atoms with Crippen LogP contribution < -0.4 is 14.2 Å². The fourth-order valence-electron chi connectivity index (χ4n) is 3.60. The highest BCUT2D eigenvalue weighted by atomic mass is 16.5. The summed E-state index contributed by atoms with van der Waals surface area (Å²) in [5.41, 5.74) is 3.68. The van der Waals surface area contributed by atoms with E-state index in [4.69, 9.17) is 14.2 Å². The molecule has 0 N–H and O–H groups in total. The van der Waals surface area contributed by atoms with Crippen LogP contribution in [0.5, 0.6) is 17.4 Å². The van der Waals surface area contributed by atoms with Gasteiger partial charge in [-0.2, -0.15) is 5.10 Å². The molecular weight excluding hydrogens is 418 g/mol. The summed E-state index contributed by atoms with van der Waals surface area (Å²) in [6, 6.07) is 18.8. The van der Waals surface area contributed by atoms with Crippen molar-refractivity contribution in [2.45, 2.75) is 6.61 Å². The van der Waals surface area contributed by atoms with Gasteiger partial charge in [-0.25, -0.2) is 9.67 Å². The highest BCUT2D eigenvalue weighted by Gasteiger charge is 2.24. The highest BCUT2D eigenvalue weighted by Crippen LogP contribution is 2.32. The van der Waals surface area contributed by atoms with Crippen molar-refractivity contribution in [2.24, 2.45) is 0 Å². The Balaban J connectivity index is 1.29. The predicted octanol–water partition coefficient (Wildman–Crippen LogP) is 4.51. The van der Waals surface area contributed by atoms with E-state index in [-0.39, 0.29) is 12.4 Å². The van der Waals surface area contributed by atoms with Crippen LogP contribution in [-0.4, -0.2) is 34.3 Å². The van der Waals surface area contributed by atoms with Gasteiger partial charge in [0.25, 0.3) is 0 Å². The second kappa shape index (κ2) is 9.00. The first-order valence-corrected chi connectivity index (χ1v) is 10.4. The lowest BCUT2D eigenvalue weighted by molar-refractivity contribution is 0.100. The number of hydrogen-bond acceptors (Lipinski definition) is 6. The monoisotopic (exact) mass is 439 g/mol. The number of ether oxygens (including phenoxy) is 3. The lowest BCUT2D eigenvalue weighted by Gasteiger charge is -2.20. The third-order valence-electron chi connectivity index (χ3n) is 5.26. The molecule has 7 heteroatoms. The van der Waals surface area contributed by atoms with Gasteiger partial charge >= 0.3 is 0 Å². The van der Waals surface area contributed by atoms with Gasteiger partial charge in [0.2, 0.25) is 5.88 Å². The standard InChI is InChI=1S/C26H21N3O4/c1-31-26-19(6-5-11-27-26)12-20-17-33-24-13-22(9-10-23(24)25(20)30)32-16-18-14-28-29(15-18)21-7-3-2-4-8-21/h2-15H,16-17H2,1H3/b20-12-. The Hall–Kier alpha value is -4.39. The maximum atomic E-state index is 13.0. The Morgan fingerprint density at radius 3 is 2.85 bits per heavy atom. The molecular formula is C26H21N3O4. The van der Waals surface area contributed by atoms with Crippen LogP contribution in [0.3, 0.4) is 0 Å². The largest absolute Gasteiger partial charge is 0.489 e. The van der Waals surface area contributed by atoms with Crippen LogP contribution in [0.25, 0.3) is 11.8 Å². The van der Waals surface area contributed by atoms with Crippen LogP contribution in [0.4, 0.5) is 0 Å². The number of rotatable bonds is 6. The zero-order chi connectivity index (χ0) is 22.6. The summed E-state index contributed by atoms with van der Waals surface area (Å²) in [4.78, 5) is 17.2. The molecule has 0 aliphatic carbocycles. The molecule has 3 heterocycles. The minimum absolute atomic E-state index is 0.0853. The van der Waals surface area contributed by atoms with Gasteiger partial charge in [-0.15, -0.1) is 0 Å². The fourth-order valence-corrected chi connectivity index (χ4v) is 3.60. The molecule has 0 spiro atoms. The van der Waals surface area contributed by atoms with Gasteiger partial charge < -0.3 is 14.2 Å². The third-order valence-corrected chi connectivity index (χ3v) is 5.26. The number of carbonyl (C=O) groups excluding carboxylic acids is 1. The SMILES string of the molecule is COc1ncccc1/C=C1/COc2cc(OCc3cnn(-c4ccccc4)c3)ccc2C1=O. The lowest BCUT2D eigenvalue weighted by Crippen LogP contribution is -2.19. The molecule has 2 aromatic heterocycles. The Morgan fingerprint density at radius 2 is 2.00 bits per heavy atom. The van der Waals surface area contributed by atoms with E-state index in [0.29, 0.717) is 35.1 Å². The van der Waals surface area contributed by atoms with Crippen molar-refractivity contribution in [3.63, 3.8) is 0 Å². The van der Waals surface area contributed by atoms with Gasteiger partial charge in [0, 0.05) is 35.2 Å². The third kappa shape index (κ3) is 4.34. The average molecular weight is 439 g/mol. The fraction of sp³-hybridized carbons (Fsp3) is 0.115. The van der Waals surface area contributed by atoms with E-state index in [9.17, 15) is 4.79 Å². The summed E-state index contributed by atoms with van der Waals surface area (Å²) in [6.07, 6.45) is 7.10. The smallest absolute Gasteiger partial charge is 0.220 e. The van der Waals surface area contributed by atoms with Crippen molar-refractivity contribution in [1.82, 2.24) is 14.8 Å². The zero-order valence-corrected chi connectivity index (χ0v) is 18.0. The lowest BCUT2D eigenvalue weighted by atomic mass is 9.98. The molecule has 0 bridgehead atoms. The quantitative estimate of drug-likeness (QED) is 0.412. The van der Waals surface area contributed by atoms with E-state index in [1.54, 1.807) is 54.5 Å². The van der Waals surface area contributed by atoms with Gasteiger partial charge in [-0.05, 0) is 42.5 Å². The number of pyridine rings is 1. The molecule has 0 amide bonds. The number of Topliss-reactive ketones (excluding diaryl/α,β-unsaturated/α-hetero) is 1. The number of hydrogen-bond donors (Lipinski definition) is 0. The van der Waals surface area contributed by atoms with Gasteiger partial charge in [0.15, 0.2) is 5.78 Å². The second-order valence-electron chi connectivity index (χ2n) is 7.46. The molecule has 0 saturated heterocycles. The summed E-state index contributed by atoms with van der Waals surface area (Å²) in [5, 5.41) is 4.38. The van der Waals surface area contributed by atoms with Crippen LogP contribution >= 0.6 is 0 Å². The van der Waals surface area contributed by atoms with E-state index in [2.05, 4.69) is 10.1 Å². The van der Waals surface area contributed by atoms with Gasteiger partial charge in [0.1, 0.15) is 24.7 Å². The van der Waals surface area contributed by atoms with Crippen molar-refractivity contribution in [3.8, 4) is 23.1 Å². The van der Waals surface area contributed by atoms with E-state index in [1.165, 1.54) is 0 Å². The first kappa shape index (κ1) is 20.5. The molecule has 0 saturated carbocycles. The average Bonchev–Trinajstić information content (AvgIpc) is 3.34. The molecule has 2 aromatic carbocycles. The number of ketones is 1. The van der Waals surface area contributed by atoms with E-state index < -0.39 is 0 Å². The minimum Gasteiger partial charge on any atom is -0.489 e. The van der Waals surface area contributed by atoms with Gasteiger partial charge in [0.05, 0.1) is 24.6 Å². The number of para-hydroxylation sites is 1. The second-order valence-corrected chi connectivity index (χ2v) is 7.46. The first-order chi connectivity index (χ1) is 16.2. The molecule has 5 rings (SSSR count). The Morgan fingerprint density at radius 1 is 1.12 bits per heavy atom. The highest BCUT2D eigenvalue weighted by molar-refractivity contribution is 6.14. The number of benzene rings is 2. The summed E-state index contributed by atoms with van der Waals surface area (Å²) >= 11 is 0. The zero-order valence-electron chi connectivity index (χ0n) is 18.0. The van der Waals surface area contributed by atoms with E-state index >= 15 is 0 Å². The summed E-state index contributed by atoms with van der Waals surface area (Å²) in [5.74, 6) is 1.50. The van der Waals surface area contributed by atoms with Crippen molar-refractivity contribution in [3.05, 3.63) is 102 Å². The first-order valence-electron chi connectivity index (χ1n) is 10.4. The normalized spacial score (nSPS) is 14.0. The predicted molar refractivity (Wildman–Crippen MR) is 123 cm³/mol. The van der Waals surface area contributed by atoms with Crippen LogP contribution in [0, 0.1) is 0 Å². The summed E-state index contributed by atoms with van der Waals surface area (Å²) in [6.45, 7) is 0.517. The van der Waals surface area contributed by atoms with Gasteiger partial charge in [-0.1, -0.05) is 18.2 Å². The molecule has 4 aromatic rings. The van der Waals surface area contributed by atoms with Crippen molar-refractivity contribution in [1.29, 1.82) is 0 Å². The number of carbonyl (C=O) groups is 1. The number of methoxy groups -OCH3 is 1. The van der Waals surface area contributed by atoms with Crippen LogP contribution in [-0.2, 0) is 6.61 Å². The number of aromatic nitrogens is 3. The molecule has 1 aliphatic heterocycles. The molecule has 0 atom stereocenters. The molecule has 0 radical (unpaired) electrons. The van der Waals surface area contributed by atoms with Crippen molar-refractivity contribution in [2.75, 3.05) is 13.7 Å². The van der Waals surface area contributed by atoms with Crippen molar-refractivity contribution < 1.29 is 19.0 Å². The van der Waals surface area contributed by atoms with Gasteiger partial charge in [-0.3, -0.25) is 4.79 Å². The summed E-state index contributed by atoms with van der Waals surface area (Å²) in [7, 11) is 1.55. The van der Waals surface area contributed by atoms with Crippen LogP contribution in [0.15, 0.2) is 84.8 Å². The van der Waals surface area contributed by atoms with E-state index in [0.717, 1.165) is 16.8 Å². The Kier molecular flexibility index (Phi) is 5.59. The Bertz CT molecular complexity index is 1330. The van der Waals surface area contributed by atoms with E-state index in [1.807, 2.05) is 42.6 Å². The molecule has 164 valence electrons. The minimum atomic E-state index is -0.0853. The number of nitrogens with zero attached hydrogens (tertiary/aromatic N) is 3. The van der Waals surface area contributed by atoms with Crippen LogP contribution in [0.2, 0.25) is 0 Å². The molecule has 7 nitrogen and oxygen atoms in total. The number of fused-ring (bicyclic) bond motifs is 1. The Labute approximate surface area is 190 Å². The molecule has 0 fully saturated rings.